The molecule has 1 aliphatic rings. The van der Waals surface area contributed by atoms with E-state index >= 15 is 0 Å². The normalized spacial score (nSPS) is 18.9. The molecule has 2 N–H and O–H groups in total. The minimum atomic E-state index is 0.217. The topological polar surface area (TPSA) is 35.5 Å². The molecule has 1 saturated heterocycles. The molecule has 1 fully saturated rings. The fourth-order valence-electron chi connectivity index (χ4n) is 2.16. The van der Waals surface area contributed by atoms with Crippen molar-refractivity contribution in [3.8, 4) is 5.75 Å². The van der Waals surface area contributed by atoms with Gasteiger partial charge in [0.25, 0.3) is 0 Å². The van der Waals surface area contributed by atoms with Gasteiger partial charge >= 0.3 is 0 Å². The first-order chi connectivity index (χ1) is 8.22. The highest BCUT2D eigenvalue weighted by Gasteiger charge is 2.19. The van der Waals surface area contributed by atoms with Crippen molar-refractivity contribution in [3.05, 3.63) is 40.9 Å². The van der Waals surface area contributed by atoms with Crippen LogP contribution in [0.4, 0.5) is 0 Å². The zero-order chi connectivity index (χ0) is 12.3. The molecule has 0 aromatic heterocycles. The minimum Gasteiger partial charge on any atom is -0.507 e. The van der Waals surface area contributed by atoms with E-state index in [1.54, 1.807) is 6.07 Å². The third-order valence-corrected chi connectivity index (χ3v) is 3.72. The first-order valence-electron chi connectivity index (χ1n) is 5.78. The molecule has 0 bridgehead atoms. The van der Waals surface area contributed by atoms with E-state index in [4.69, 9.17) is 0 Å². The van der Waals surface area contributed by atoms with Gasteiger partial charge in [-0.3, -0.25) is 4.90 Å². The van der Waals surface area contributed by atoms with Crippen LogP contribution in [0, 0.1) is 0 Å². The quantitative estimate of drug-likeness (QED) is 0.840. The molecule has 0 saturated carbocycles. The predicted octanol–water partition coefficient (Wildman–Crippen LogP) is 2.29. The molecule has 1 heterocycles. The van der Waals surface area contributed by atoms with Crippen LogP contribution in [0.15, 0.2) is 35.3 Å². The van der Waals surface area contributed by atoms with Crippen LogP contribution in [-0.4, -0.2) is 36.2 Å². The van der Waals surface area contributed by atoms with Crippen LogP contribution < -0.4 is 5.32 Å². The Hall–Kier alpha value is -0.840. The number of phenols is 1. The molecule has 4 heteroatoms. The van der Waals surface area contributed by atoms with Gasteiger partial charge in [-0.25, -0.2) is 0 Å². The molecule has 2 rings (SSSR count). The summed E-state index contributed by atoms with van der Waals surface area (Å²) in [5.41, 5.74) is 1.16. The van der Waals surface area contributed by atoms with Crippen LogP contribution >= 0.6 is 15.9 Å². The predicted molar refractivity (Wildman–Crippen MR) is 73.2 cm³/mol. The number of phenolic OH excluding ortho intramolecular Hbond substituents is 1. The third-order valence-electron chi connectivity index (χ3n) is 3.08. The first kappa shape index (κ1) is 12.6. The summed E-state index contributed by atoms with van der Waals surface area (Å²) in [7, 11) is 0. The van der Waals surface area contributed by atoms with Gasteiger partial charge in [0.2, 0.25) is 0 Å². The van der Waals surface area contributed by atoms with Crippen LogP contribution in [0.1, 0.15) is 11.6 Å². The summed E-state index contributed by atoms with van der Waals surface area (Å²) in [5, 5.41) is 12.9. The second kappa shape index (κ2) is 5.67. The van der Waals surface area contributed by atoms with Gasteiger partial charge in [-0.2, -0.15) is 0 Å². The number of halogens is 1. The van der Waals surface area contributed by atoms with Gasteiger partial charge in [-0.05, 0) is 33.6 Å². The highest BCUT2D eigenvalue weighted by atomic mass is 79.9. The van der Waals surface area contributed by atoms with E-state index in [-0.39, 0.29) is 11.8 Å². The van der Waals surface area contributed by atoms with Crippen molar-refractivity contribution in [2.24, 2.45) is 0 Å². The maximum absolute atomic E-state index is 9.51. The van der Waals surface area contributed by atoms with E-state index in [0.29, 0.717) is 0 Å². The largest absolute Gasteiger partial charge is 0.507 e. The molecule has 3 nitrogen and oxygen atoms in total. The van der Waals surface area contributed by atoms with E-state index in [1.165, 1.54) is 0 Å². The lowest BCUT2D eigenvalue weighted by Gasteiger charge is -2.33. The molecule has 1 aromatic rings. The molecular weight excluding hydrogens is 280 g/mol. The number of aromatic hydroxyl groups is 1. The maximum atomic E-state index is 9.51. The standard InChI is InChI=1S/C13H17BrN2O/c1-2-12(16-7-5-15-6-8-16)10-3-4-13(17)11(14)9-10/h2-4,9,12,15,17H,1,5-8H2/t12-/m1/s1. The fourth-order valence-corrected chi connectivity index (χ4v) is 2.56. The number of nitrogens with one attached hydrogen (secondary N) is 1. The molecule has 1 aliphatic heterocycles. The summed E-state index contributed by atoms with van der Waals surface area (Å²) in [6.45, 7) is 8.01. The summed E-state index contributed by atoms with van der Waals surface area (Å²) in [4.78, 5) is 2.39. The molecule has 1 aromatic carbocycles. The smallest absolute Gasteiger partial charge is 0.129 e. The summed E-state index contributed by atoms with van der Waals surface area (Å²) < 4.78 is 0.733. The van der Waals surface area contributed by atoms with E-state index < -0.39 is 0 Å². The zero-order valence-electron chi connectivity index (χ0n) is 9.69. The van der Waals surface area contributed by atoms with Crippen LogP contribution in [0.5, 0.6) is 5.75 Å². The Morgan fingerprint density at radius 3 is 2.71 bits per heavy atom. The van der Waals surface area contributed by atoms with Crippen molar-refractivity contribution in [2.75, 3.05) is 26.2 Å². The third kappa shape index (κ3) is 2.89. The number of benzene rings is 1. The van der Waals surface area contributed by atoms with Gasteiger partial charge in [-0.1, -0.05) is 12.1 Å². The van der Waals surface area contributed by atoms with E-state index in [9.17, 15) is 5.11 Å². The Kier molecular flexibility index (Phi) is 4.20. The second-order valence-corrected chi connectivity index (χ2v) is 5.03. The Morgan fingerprint density at radius 2 is 2.12 bits per heavy atom. The molecule has 0 unspecified atom stereocenters. The van der Waals surface area contributed by atoms with Crippen molar-refractivity contribution >= 4 is 15.9 Å². The van der Waals surface area contributed by atoms with Crippen molar-refractivity contribution in [3.63, 3.8) is 0 Å². The van der Waals surface area contributed by atoms with E-state index in [1.807, 2.05) is 18.2 Å². The molecule has 92 valence electrons. The van der Waals surface area contributed by atoms with Crippen LogP contribution in [0.2, 0.25) is 0 Å². The number of piperazine rings is 1. The second-order valence-electron chi connectivity index (χ2n) is 4.18. The van der Waals surface area contributed by atoms with Crippen molar-refractivity contribution < 1.29 is 5.11 Å². The first-order valence-corrected chi connectivity index (χ1v) is 6.57. The van der Waals surface area contributed by atoms with Crippen molar-refractivity contribution in [2.45, 2.75) is 6.04 Å². The van der Waals surface area contributed by atoms with Crippen molar-refractivity contribution in [1.82, 2.24) is 10.2 Å². The zero-order valence-corrected chi connectivity index (χ0v) is 11.3. The Labute approximate surface area is 110 Å². The van der Waals surface area contributed by atoms with Gasteiger partial charge in [0.05, 0.1) is 10.5 Å². The average molecular weight is 297 g/mol. The average Bonchev–Trinajstić information content (AvgIpc) is 2.36. The Morgan fingerprint density at radius 1 is 1.41 bits per heavy atom. The van der Waals surface area contributed by atoms with Gasteiger partial charge in [0, 0.05) is 26.2 Å². The molecule has 0 radical (unpaired) electrons. The molecule has 0 aliphatic carbocycles. The Bertz CT molecular complexity index is 402. The number of hydrogen-bond acceptors (Lipinski definition) is 3. The fraction of sp³-hybridized carbons (Fsp3) is 0.385. The molecule has 1 atom stereocenters. The lowest BCUT2D eigenvalue weighted by molar-refractivity contribution is 0.203. The van der Waals surface area contributed by atoms with Crippen molar-refractivity contribution in [1.29, 1.82) is 0 Å². The highest BCUT2D eigenvalue weighted by Crippen LogP contribution is 2.30. The molecule has 0 amide bonds. The van der Waals surface area contributed by atoms with Crippen LogP contribution in [-0.2, 0) is 0 Å². The maximum Gasteiger partial charge on any atom is 0.129 e. The lowest BCUT2D eigenvalue weighted by atomic mass is 10.0. The summed E-state index contributed by atoms with van der Waals surface area (Å²) in [6, 6.07) is 5.85. The van der Waals surface area contributed by atoms with E-state index in [0.717, 1.165) is 36.2 Å². The Balaban J connectivity index is 2.21. The number of rotatable bonds is 3. The monoisotopic (exact) mass is 296 g/mol. The number of hydrogen-bond donors (Lipinski definition) is 2. The summed E-state index contributed by atoms with van der Waals surface area (Å²) >= 11 is 3.35. The van der Waals surface area contributed by atoms with Gasteiger partial charge < -0.3 is 10.4 Å². The van der Waals surface area contributed by atoms with Gasteiger partial charge in [0.15, 0.2) is 0 Å². The van der Waals surface area contributed by atoms with Crippen LogP contribution in [0.25, 0.3) is 0 Å². The van der Waals surface area contributed by atoms with Gasteiger partial charge in [-0.15, -0.1) is 6.58 Å². The van der Waals surface area contributed by atoms with E-state index in [2.05, 4.69) is 32.7 Å². The molecule has 17 heavy (non-hydrogen) atoms. The summed E-state index contributed by atoms with van der Waals surface area (Å²) in [5.74, 6) is 0.275. The molecular formula is C13H17BrN2O. The lowest BCUT2D eigenvalue weighted by Crippen LogP contribution is -2.44. The number of nitrogens with zero attached hydrogens (tertiary/aromatic N) is 1. The van der Waals surface area contributed by atoms with Crippen LogP contribution in [0.3, 0.4) is 0 Å². The summed E-state index contributed by atoms with van der Waals surface area (Å²) in [6.07, 6.45) is 1.96. The molecule has 0 spiro atoms. The minimum absolute atomic E-state index is 0.217. The highest BCUT2D eigenvalue weighted by molar-refractivity contribution is 9.10. The SMILES string of the molecule is C=C[C@H](c1ccc(O)c(Br)c1)N1CCNCC1. The van der Waals surface area contributed by atoms with Gasteiger partial charge in [0.1, 0.15) is 5.75 Å².